The molecule has 3 nitrogen and oxygen atoms in total. The molecule has 0 saturated carbocycles. The lowest BCUT2D eigenvalue weighted by Gasteiger charge is -2.16. The molecule has 1 aromatic rings. The number of thioether (sulfide) groups is 1. The van der Waals surface area contributed by atoms with Crippen LogP contribution < -0.4 is 5.32 Å². The molecule has 1 unspecified atom stereocenters. The molecule has 0 radical (unpaired) electrons. The lowest BCUT2D eigenvalue weighted by atomic mass is 10.2. The fourth-order valence-electron chi connectivity index (χ4n) is 1.62. The van der Waals surface area contributed by atoms with Gasteiger partial charge in [-0.2, -0.15) is 24.9 Å². The molecule has 0 heterocycles. The van der Waals surface area contributed by atoms with Crippen molar-refractivity contribution in [1.82, 2.24) is 0 Å². The highest BCUT2D eigenvalue weighted by molar-refractivity contribution is 7.98. The quantitative estimate of drug-likeness (QED) is 0.801. The zero-order valence-electron chi connectivity index (χ0n) is 11.4. The summed E-state index contributed by atoms with van der Waals surface area (Å²) in [6, 6.07) is 2.29. The monoisotopic (exact) mass is 345 g/mol. The number of alkyl halides is 3. The highest BCUT2D eigenvalue weighted by atomic mass is 32.2. The van der Waals surface area contributed by atoms with Gasteiger partial charge in [-0.15, -0.1) is 0 Å². The summed E-state index contributed by atoms with van der Waals surface area (Å²) >= 11 is 1.56. The van der Waals surface area contributed by atoms with E-state index >= 15 is 0 Å². The van der Waals surface area contributed by atoms with Gasteiger partial charge >= 0.3 is 5.51 Å². The molecule has 1 atom stereocenters. The van der Waals surface area contributed by atoms with Crippen LogP contribution in [0.3, 0.4) is 0 Å². The molecule has 9 heteroatoms. The second kappa shape index (κ2) is 6.87. The van der Waals surface area contributed by atoms with Crippen molar-refractivity contribution in [1.29, 1.82) is 0 Å². The van der Waals surface area contributed by atoms with Crippen molar-refractivity contribution in [2.24, 2.45) is 5.92 Å². The molecule has 21 heavy (non-hydrogen) atoms. The zero-order chi connectivity index (χ0) is 16.3. The van der Waals surface area contributed by atoms with Crippen LogP contribution in [0.4, 0.5) is 23.2 Å². The van der Waals surface area contributed by atoms with E-state index in [1.54, 1.807) is 11.8 Å². The number of benzene rings is 1. The lowest BCUT2D eigenvalue weighted by Crippen LogP contribution is -2.25. The Bertz CT molecular complexity index is 587. The molecule has 0 fully saturated rings. The second-order valence-corrected chi connectivity index (χ2v) is 7.35. The van der Waals surface area contributed by atoms with E-state index in [2.05, 4.69) is 5.32 Å². The zero-order valence-corrected chi connectivity index (χ0v) is 13.0. The average Bonchev–Trinajstić information content (AvgIpc) is 2.36. The van der Waals surface area contributed by atoms with Gasteiger partial charge in [0.05, 0.1) is 5.69 Å². The van der Waals surface area contributed by atoms with E-state index in [1.807, 2.05) is 13.2 Å². The Kier molecular flexibility index (Phi) is 5.92. The smallest absolute Gasteiger partial charge is 0.384 e. The Morgan fingerprint density at radius 2 is 1.95 bits per heavy atom. The van der Waals surface area contributed by atoms with Crippen molar-refractivity contribution in [3.8, 4) is 0 Å². The normalized spacial score (nSPS) is 14.0. The number of hydrogen-bond acceptors (Lipinski definition) is 4. The first-order valence-corrected chi connectivity index (χ1v) is 8.81. The van der Waals surface area contributed by atoms with Crippen LogP contribution in [0, 0.1) is 11.7 Å². The molecular weight excluding hydrogens is 330 g/mol. The summed E-state index contributed by atoms with van der Waals surface area (Å²) in [5.41, 5.74) is -5.72. The van der Waals surface area contributed by atoms with Crippen LogP contribution in [-0.4, -0.2) is 32.5 Å². The van der Waals surface area contributed by atoms with Crippen molar-refractivity contribution < 1.29 is 26.0 Å². The summed E-state index contributed by atoms with van der Waals surface area (Å²) in [7, 11) is -5.60. The number of sulfone groups is 1. The van der Waals surface area contributed by atoms with Crippen LogP contribution in [0.25, 0.3) is 0 Å². The molecule has 0 bridgehead atoms. The third kappa shape index (κ3) is 4.50. The summed E-state index contributed by atoms with van der Waals surface area (Å²) in [4.78, 5) is -1.09. The summed E-state index contributed by atoms with van der Waals surface area (Å²) in [5, 5.41) is 2.64. The minimum Gasteiger partial charge on any atom is -0.384 e. The number of halogens is 4. The first kappa shape index (κ1) is 18.1. The molecule has 0 aliphatic rings. The maximum absolute atomic E-state index is 13.1. The van der Waals surface area contributed by atoms with Crippen molar-refractivity contribution in [2.45, 2.75) is 17.3 Å². The molecule has 1 N–H and O–H groups in total. The van der Waals surface area contributed by atoms with Crippen molar-refractivity contribution in [3.05, 3.63) is 24.0 Å². The Morgan fingerprint density at radius 1 is 1.33 bits per heavy atom. The molecule has 0 saturated heterocycles. The molecule has 120 valence electrons. The van der Waals surface area contributed by atoms with Crippen LogP contribution in [0.15, 0.2) is 23.1 Å². The van der Waals surface area contributed by atoms with E-state index in [4.69, 9.17) is 0 Å². The first-order valence-electron chi connectivity index (χ1n) is 5.93. The lowest BCUT2D eigenvalue weighted by molar-refractivity contribution is -0.0435. The van der Waals surface area contributed by atoms with Gasteiger partial charge in [-0.05, 0) is 36.1 Å². The first-order chi connectivity index (χ1) is 9.59. The molecule has 0 aromatic heterocycles. The molecular formula is C12H15F4NO2S2. The van der Waals surface area contributed by atoms with Crippen LogP contribution >= 0.6 is 11.8 Å². The fourth-order valence-corrected chi connectivity index (χ4v) is 3.25. The fraction of sp³-hybridized carbons (Fsp3) is 0.500. The van der Waals surface area contributed by atoms with Crippen LogP contribution in [0.5, 0.6) is 0 Å². The topological polar surface area (TPSA) is 46.2 Å². The molecule has 1 aromatic carbocycles. The molecule has 0 spiro atoms. The van der Waals surface area contributed by atoms with E-state index in [0.29, 0.717) is 6.07 Å². The van der Waals surface area contributed by atoms with Crippen molar-refractivity contribution in [3.63, 3.8) is 0 Å². The van der Waals surface area contributed by atoms with Gasteiger partial charge in [0.1, 0.15) is 10.7 Å². The minimum atomic E-state index is -5.60. The Hall–Kier alpha value is -0.960. The summed E-state index contributed by atoms with van der Waals surface area (Å²) in [6.45, 7) is 2.15. The van der Waals surface area contributed by atoms with E-state index in [9.17, 15) is 26.0 Å². The third-order valence-corrected chi connectivity index (χ3v) is 5.06. The van der Waals surface area contributed by atoms with Gasteiger partial charge in [0, 0.05) is 6.54 Å². The standard InChI is InChI=1S/C12H15F4NO2S2/c1-8(7-20-2)6-17-10-4-3-9(13)5-11(10)21(18,19)12(14,15)16/h3-5,8,17H,6-7H2,1-2H3. The predicted molar refractivity (Wildman–Crippen MR) is 75.7 cm³/mol. The number of nitrogens with one attached hydrogen (secondary N) is 1. The highest BCUT2D eigenvalue weighted by Crippen LogP contribution is 2.34. The largest absolute Gasteiger partial charge is 0.501 e. The summed E-state index contributed by atoms with van der Waals surface area (Å²) in [5.74, 6) is -0.165. The maximum atomic E-state index is 13.1. The highest BCUT2D eigenvalue weighted by Gasteiger charge is 2.48. The van der Waals surface area contributed by atoms with Gasteiger partial charge in [-0.1, -0.05) is 6.92 Å². The predicted octanol–water partition coefficient (Wildman–Crippen LogP) is 3.53. The number of anilines is 1. The van der Waals surface area contributed by atoms with Crippen LogP contribution in [-0.2, 0) is 9.84 Å². The van der Waals surface area contributed by atoms with Gasteiger partial charge in [0.25, 0.3) is 9.84 Å². The summed E-state index contributed by atoms with van der Waals surface area (Å²) in [6.07, 6.45) is 1.88. The van der Waals surface area contributed by atoms with E-state index in [0.717, 1.165) is 17.9 Å². The van der Waals surface area contributed by atoms with Gasteiger partial charge in [0.15, 0.2) is 0 Å². The van der Waals surface area contributed by atoms with E-state index in [-0.39, 0.29) is 18.2 Å². The minimum absolute atomic E-state index is 0.117. The Morgan fingerprint density at radius 3 is 2.48 bits per heavy atom. The third-order valence-electron chi connectivity index (χ3n) is 2.63. The molecule has 0 amide bonds. The second-order valence-electron chi connectivity index (χ2n) is 4.53. The molecule has 1 rings (SSSR count). The average molecular weight is 345 g/mol. The number of rotatable bonds is 6. The van der Waals surface area contributed by atoms with Crippen LogP contribution in [0.2, 0.25) is 0 Å². The van der Waals surface area contributed by atoms with Gasteiger partial charge in [-0.25, -0.2) is 12.8 Å². The number of hydrogen-bond donors (Lipinski definition) is 1. The van der Waals surface area contributed by atoms with Gasteiger partial charge in [0.2, 0.25) is 0 Å². The van der Waals surface area contributed by atoms with Crippen molar-refractivity contribution >= 4 is 27.3 Å². The van der Waals surface area contributed by atoms with Gasteiger partial charge < -0.3 is 5.32 Å². The molecule has 0 aliphatic heterocycles. The SMILES string of the molecule is CSCC(C)CNc1ccc(F)cc1S(=O)(=O)C(F)(F)F. The van der Waals surface area contributed by atoms with E-state index in [1.165, 1.54) is 0 Å². The Balaban J connectivity index is 3.12. The van der Waals surface area contributed by atoms with Crippen LogP contribution in [0.1, 0.15) is 6.92 Å². The molecule has 0 aliphatic carbocycles. The van der Waals surface area contributed by atoms with E-state index < -0.39 is 26.1 Å². The Labute approximate surface area is 125 Å². The van der Waals surface area contributed by atoms with Crippen molar-refractivity contribution in [2.75, 3.05) is 23.9 Å². The summed E-state index contributed by atoms with van der Waals surface area (Å²) < 4.78 is 73.9. The maximum Gasteiger partial charge on any atom is 0.501 e. The van der Waals surface area contributed by atoms with Gasteiger partial charge in [-0.3, -0.25) is 0 Å².